The summed E-state index contributed by atoms with van der Waals surface area (Å²) in [7, 11) is -4.18. The van der Waals surface area contributed by atoms with E-state index in [1.165, 1.54) is 4.90 Å². The van der Waals surface area contributed by atoms with E-state index in [0.717, 1.165) is 26.6 Å². The van der Waals surface area contributed by atoms with E-state index in [2.05, 4.69) is 5.32 Å². The summed E-state index contributed by atoms with van der Waals surface area (Å²) in [6, 6.07) is 29.6. The molecule has 0 aliphatic carbocycles. The van der Waals surface area contributed by atoms with Crippen molar-refractivity contribution in [2.24, 2.45) is 5.92 Å². The first-order chi connectivity index (χ1) is 22.5. The molecule has 0 bridgehead atoms. The zero-order valence-corrected chi connectivity index (χ0v) is 28.7. The van der Waals surface area contributed by atoms with Crippen molar-refractivity contribution in [1.82, 2.24) is 10.2 Å². The molecule has 0 saturated heterocycles. The number of sulfonamides is 1. The molecule has 4 aromatic rings. The molecule has 0 saturated carbocycles. The van der Waals surface area contributed by atoms with Crippen LogP contribution in [0.15, 0.2) is 108 Å². The molecule has 0 fully saturated rings. The summed E-state index contributed by atoms with van der Waals surface area (Å²) in [5, 5.41) is 3.02. The molecule has 0 aromatic heterocycles. The molecule has 2 amide bonds. The van der Waals surface area contributed by atoms with Crippen molar-refractivity contribution >= 4 is 27.5 Å². The molecule has 4 rings (SSSR count). The molecule has 1 atom stereocenters. The van der Waals surface area contributed by atoms with Crippen molar-refractivity contribution in [2.75, 3.05) is 24.0 Å². The summed E-state index contributed by atoms with van der Waals surface area (Å²) in [6.45, 7) is 10.2. The Hall–Kier alpha value is -4.63. The van der Waals surface area contributed by atoms with Crippen molar-refractivity contribution < 1.29 is 22.7 Å². The Morgan fingerprint density at radius 2 is 1.38 bits per heavy atom. The molecule has 1 N–H and O–H groups in total. The summed E-state index contributed by atoms with van der Waals surface area (Å²) in [5.74, 6) is -0.0128. The van der Waals surface area contributed by atoms with Crippen LogP contribution in [0.1, 0.15) is 43.0 Å². The zero-order chi connectivity index (χ0) is 34.0. The molecule has 47 heavy (non-hydrogen) atoms. The molecule has 0 radical (unpaired) electrons. The molecular weight excluding hydrogens is 611 g/mol. The van der Waals surface area contributed by atoms with Gasteiger partial charge < -0.3 is 15.0 Å². The Bertz CT molecular complexity index is 1710. The maximum absolute atomic E-state index is 14.6. The van der Waals surface area contributed by atoms with E-state index in [0.29, 0.717) is 24.6 Å². The highest BCUT2D eigenvalue weighted by Gasteiger charge is 2.34. The van der Waals surface area contributed by atoms with Gasteiger partial charge in [0.1, 0.15) is 18.3 Å². The summed E-state index contributed by atoms with van der Waals surface area (Å²) in [5.41, 5.74) is 3.99. The lowest BCUT2D eigenvalue weighted by Crippen LogP contribution is -2.53. The van der Waals surface area contributed by atoms with Crippen molar-refractivity contribution in [3.63, 3.8) is 0 Å². The van der Waals surface area contributed by atoms with Gasteiger partial charge in [0, 0.05) is 19.5 Å². The number of benzene rings is 4. The van der Waals surface area contributed by atoms with Gasteiger partial charge >= 0.3 is 0 Å². The van der Waals surface area contributed by atoms with E-state index in [1.54, 1.807) is 48.5 Å². The fourth-order valence-corrected chi connectivity index (χ4v) is 6.52. The lowest BCUT2D eigenvalue weighted by Gasteiger charge is -2.34. The van der Waals surface area contributed by atoms with E-state index in [-0.39, 0.29) is 29.7 Å². The predicted molar refractivity (Wildman–Crippen MR) is 187 cm³/mol. The summed E-state index contributed by atoms with van der Waals surface area (Å²) < 4.78 is 35.2. The number of nitrogens with one attached hydrogen (secondary N) is 1. The molecule has 0 unspecified atom stereocenters. The monoisotopic (exact) mass is 655 g/mol. The van der Waals surface area contributed by atoms with Gasteiger partial charge in [-0.15, -0.1) is 0 Å². The molecule has 0 aliphatic heterocycles. The number of anilines is 1. The van der Waals surface area contributed by atoms with Crippen LogP contribution in [-0.2, 0) is 32.6 Å². The number of carbonyl (C=O) groups excluding carboxylic acids is 2. The Labute approximate surface area is 279 Å². The molecule has 0 aliphatic rings. The first-order valence-electron chi connectivity index (χ1n) is 16.0. The summed E-state index contributed by atoms with van der Waals surface area (Å²) >= 11 is 0. The van der Waals surface area contributed by atoms with Crippen molar-refractivity contribution in [3.05, 3.63) is 125 Å². The number of amides is 2. The lowest BCUT2D eigenvalue weighted by molar-refractivity contribution is -0.140. The van der Waals surface area contributed by atoms with Crippen LogP contribution in [0.3, 0.4) is 0 Å². The van der Waals surface area contributed by atoms with Crippen LogP contribution < -0.4 is 14.4 Å². The number of aryl methyl sites for hydroxylation is 2. The maximum Gasteiger partial charge on any atom is 0.264 e. The van der Waals surface area contributed by atoms with E-state index in [4.69, 9.17) is 4.74 Å². The Morgan fingerprint density at radius 3 is 1.96 bits per heavy atom. The molecular formula is C38H45N3O5S. The second-order valence-corrected chi connectivity index (χ2v) is 14.0. The highest BCUT2D eigenvalue weighted by molar-refractivity contribution is 7.92. The zero-order valence-electron chi connectivity index (χ0n) is 27.8. The van der Waals surface area contributed by atoms with Gasteiger partial charge in [0.05, 0.1) is 17.2 Å². The maximum atomic E-state index is 14.6. The van der Waals surface area contributed by atoms with Gasteiger partial charge in [-0.05, 0) is 74.2 Å². The number of rotatable bonds is 15. The van der Waals surface area contributed by atoms with E-state index in [9.17, 15) is 18.0 Å². The average Bonchev–Trinajstić information content (AvgIpc) is 3.06. The number of hydrogen-bond donors (Lipinski definition) is 1. The third-order valence-corrected chi connectivity index (χ3v) is 9.54. The highest BCUT2D eigenvalue weighted by atomic mass is 32.2. The molecule has 0 spiro atoms. The molecule has 8 nitrogen and oxygen atoms in total. The normalized spacial score (nSPS) is 12.0. The fourth-order valence-electron chi connectivity index (χ4n) is 5.11. The number of ether oxygens (including phenoxy) is 1. The van der Waals surface area contributed by atoms with Crippen molar-refractivity contribution in [2.45, 2.75) is 58.5 Å². The topological polar surface area (TPSA) is 96.0 Å². The van der Waals surface area contributed by atoms with E-state index < -0.39 is 28.5 Å². The quantitative estimate of drug-likeness (QED) is 0.162. The van der Waals surface area contributed by atoms with Gasteiger partial charge in [0.2, 0.25) is 11.8 Å². The van der Waals surface area contributed by atoms with Crippen LogP contribution in [0.5, 0.6) is 5.75 Å². The van der Waals surface area contributed by atoms with Gasteiger partial charge in [-0.1, -0.05) is 91.7 Å². The van der Waals surface area contributed by atoms with E-state index >= 15 is 0 Å². The lowest BCUT2D eigenvalue weighted by atomic mass is 10.0. The van der Waals surface area contributed by atoms with Gasteiger partial charge in [0.25, 0.3) is 10.0 Å². The number of carbonyl (C=O) groups is 2. The third-order valence-electron chi connectivity index (χ3n) is 7.75. The molecule has 248 valence electrons. The van der Waals surface area contributed by atoms with E-state index in [1.807, 2.05) is 89.2 Å². The van der Waals surface area contributed by atoms with Crippen LogP contribution in [0.2, 0.25) is 0 Å². The molecule has 9 heteroatoms. The first-order valence-corrected chi connectivity index (χ1v) is 17.4. The van der Waals surface area contributed by atoms with Gasteiger partial charge in [-0.2, -0.15) is 0 Å². The van der Waals surface area contributed by atoms with Gasteiger partial charge in [-0.25, -0.2) is 8.42 Å². The largest absolute Gasteiger partial charge is 0.494 e. The Morgan fingerprint density at radius 1 is 0.787 bits per heavy atom. The minimum atomic E-state index is -4.18. The molecule has 4 aromatic carbocycles. The smallest absolute Gasteiger partial charge is 0.264 e. The average molecular weight is 656 g/mol. The predicted octanol–water partition coefficient (Wildman–Crippen LogP) is 6.31. The second-order valence-electron chi connectivity index (χ2n) is 12.1. The number of hydrogen-bond acceptors (Lipinski definition) is 5. The number of nitrogens with zero attached hydrogens (tertiary/aromatic N) is 2. The summed E-state index contributed by atoms with van der Waals surface area (Å²) in [6.07, 6.45) is 0.260. The van der Waals surface area contributed by atoms with Crippen LogP contribution >= 0.6 is 0 Å². The van der Waals surface area contributed by atoms with Gasteiger partial charge in [0.15, 0.2) is 0 Å². The summed E-state index contributed by atoms with van der Waals surface area (Å²) in [4.78, 5) is 30.1. The Kier molecular flexibility index (Phi) is 12.2. The highest BCUT2D eigenvalue weighted by Crippen LogP contribution is 2.27. The van der Waals surface area contributed by atoms with Crippen LogP contribution in [0, 0.1) is 19.8 Å². The fraction of sp³-hybridized carbons (Fsp3) is 0.316. The van der Waals surface area contributed by atoms with Gasteiger partial charge in [-0.3, -0.25) is 13.9 Å². The van der Waals surface area contributed by atoms with Crippen molar-refractivity contribution in [3.8, 4) is 5.75 Å². The SMILES string of the molecule is CCOc1ccc(N(CC(=O)N(Cc2ccc(C)cc2)[C@@H](Cc2ccccc2)C(=O)NCC(C)C)S(=O)(=O)c2ccc(C)cc2)cc1. The third kappa shape index (κ3) is 9.68. The second kappa shape index (κ2) is 16.3. The van der Waals surface area contributed by atoms with Crippen LogP contribution in [0.25, 0.3) is 0 Å². The standard InChI is InChI=1S/C38H45N3O5S/c1-6-46-34-20-18-33(19-21-34)41(47(44,45)35-22-14-30(5)15-23-35)27-37(42)40(26-32-16-12-29(4)13-17-32)36(38(43)39-25-28(2)3)24-31-10-8-7-9-11-31/h7-23,28,36H,6,24-27H2,1-5H3,(H,39,43)/t36-/m0/s1. The first kappa shape index (κ1) is 35.2. The molecule has 0 heterocycles. The Balaban J connectivity index is 1.79. The van der Waals surface area contributed by atoms with Crippen LogP contribution in [-0.4, -0.2) is 50.9 Å². The van der Waals surface area contributed by atoms with Crippen molar-refractivity contribution in [1.29, 1.82) is 0 Å². The minimum absolute atomic E-state index is 0.0605. The van der Waals surface area contributed by atoms with Crippen LogP contribution in [0.4, 0.5) is 5.69 Å². The minimum Gasteiger partial charge on any atom is -0.494 e.